The van der Waals surface area contributed by atoms with Crippen LogP contribution in [-0.2, 0) is 9.53 Å². The molecule has 0 aromatic heterocycles. The molecule has 0 aromatic carbocycles. The molecule has 156 valence electrons. The minimum Gasteiger partial charge on any atom is -0.465 e. The Bertz CT molecular complexity index is 393. The van der Waals surface area contributed by atoms with Crippen LogP contribution in [0.15, 0.2) is 0 Å². The number of hydrogen-bond acceptors (Lipinski definition) is 2. The van der Waals surface area contributed by atoms with E-state index >= 15 is 0 Å². The SMILES string of the molecule is CC(C)(C)C(=O)OCCCCCCCCCCCB1C2CCCC1CCC2. The minimum atomic E-state index is -0.365. The summed E-state index contributed by atoms with van der Waals surface area (Å²) in [5.41, 5.74) is -0.365. The number of hydrogen-bond donors (Lipinski definition) is 0. The maximum atomic E-state index is 11.7. The van der Waals surface area contributed by atoms with E-state index in [0.717, 1.165) is 24.8 Å². The number of fused-ring (bicyclic) bond motifs is 2. The van der Waals surface area contributed by atoms with Crippen molar-refractivity contribution in [2.75, 3.05) is 6.61 Å². The third kappa shape index (κ3) is 8.61. The molecule has 2 aliphatic heterocycles. The second kappa shape index (κ2) is 12.2. The molecule has 0 spiro atoms. The van der Waals surface area contributed by atoms with Crippen molar-refractivity contribution in [3.63, 3.8) is 0 Å². The topological polar surface area (TPSA) is 26.3 Å². The van der Waals surface area contributed by atoms with Crippen LogP contribution in [0.4, 0.5) is 0 Å². The summed E-state index contributed by atoms with van der Waals surface area (Å²) in [4.78, 5) is 11.7. The van der Waals surface area contributed by atoms with Crippen molar-refractivity contribution < 1.29 is 9.53 Å². The van der Waals surface area contributed by atoms with Gasteiger partial charge in [0.25, 0.3) is 0 Å². The summed E-state index contributed by atoms with van der Waals surface area (Å²) in [6.45, 7) is 7.43. The fourth-order valence-electron chi connectivity index (χ4n) is 5.39. The zero-order chi connectivity index (χ0) is 19.5. The second-order valence-corrected chi connectivity index (χ2v) is 10.4. The van der Waals surface area contributed by atoms with Gasteiger partial charge in [-0.15, -0.1) is 0 Å². The van der Waals surface area contributed by atoms with E-state index in [-0.39, 0.29) is 11.4 Å². The van der Waals surface area contributed by atoms with Crippen LogP contribution in [0.1, 0.15) is 117 Å². The summed E-state index contributed by atoms with van der Waals surface area (Å²) in [6, 6.07) is 0. The van der Waals surface area contributed by atoms with Gasteiger partial charge in [0.05, 0.1) is 12.0 Å². The molecular formula is C24H45BO2. The molecule has 2 heterocycles. The van der Waals surface area contributed by atoms with E-state index in [2.05, 4.69) is 0 Å². The average Bonchev–Trinajstić information content (AvgIpc) is 2.61. The van der Waals surface area contributed by atoms with E-state index in [1.54, 1.807) is 0 Å². The lowest BCUT2D eigenvalue weighted by atomic mass is 9.26. The lowest BCUT2D eigenvalue weighted by Crippen LogP contribution is -2.34. The van der Waals surface area contributed by atoms with Gasteiger partial charge in [-0.05, 0) is 27.2 Å². The highest BCUT2D eigenvalue weighted by molar-refractivity contribution is 6.62. The Morgan fingerprint density at radius 3 is 1.70 bits per heavy atom. The molecule has 3 heteroatoms. The second-order valence-electron chi connectivity index (χ2n) is 10.4. The van der Waals surface area contributed by atoms with E-state index in [4.69, 9.17) is 4.74 Å². The molecule has 2 aliphatic rings. The van der Waals surface area contributed by atoms with Crippen molar-refractivity contribution in [3.8, 4) is 0 Å². The summed E-state index contributed by atoms with van der Waals surface area (Å²) in [5.74, 6) is 2.12. The molecule has 0 unspecified atom stereocenters. The quantitative estimate of drug-likeness (QED) is 0.198. The molecular weight excluding hydrogens is 331 g/mol. The van der Waals surface area contributed by atoms with Crippen LogP contribution < -0.4 is 0 Å². The van der Waals surface area contributed by atoms with Crippen LogP contribution in [0.5, 0.6) is 0 Å². The van der Waals surface area contributed by atoms with Gasteiger partial charge in [0.1, 0.15) is 6.71 Å². The molecule has 0 radical (unpaired) electrons. The Kier molecular flexibility index (Phi) is 10.3. The lowest BCUT2D eigenvalue weighted by Gasteiger charge is -2.40. The summed E-state index contributed by atoms with van der Waals surface area (Å²) in [5, 5.41) is 0. The predicted molar refractivity (Wildman–Crippen MR) is 118 cm³/mol. The summed E-state index contributed by atoms with van der Waals surface area (Å²) >= 11 is 0. The fraction of sp³-hybridized carbons (Fsp3) is 0.958. The first-order chi connectivity index (χ1) is 13.0. The molecule has 0 saturated carbocycles. The molecule has 0 amide bonds. The van der Waals surface area contributed by atoms with E-state index in [0.29, 0.717) is 6.61 Å². The van der Waals surface area contributed by atoms with Gasteiger partial charge in [-0.3, -0.25) is 4.79 Å². The van der Waals surface area contributed by atoms with E-state index in [9.17, 15) is 4.79 Å². The summed E-state index contributed by atoms with van der Waals surface area (Å²) in [6.07, 6.45) is 22.7. The van der Waals surface area contributed by atoms with Gasteiger partial charge in [-0.2, -0.15) is 0 Å². The maximum Gasteiger partial charge on any atom is 0.311 e. The Balaban J connectivity index is 1.36. The highest BCUT2D eigenvalue weighted by Gasteiger charge is 2.38. The first-order valence-electron chi connectivity index (χ1n) is 12.2. The van der Waals surface area contributed by atoms with Gasteiger partial charge in [0.2, 0.25) is 0 Å². The first kappa shape index (κ1) is 22.8. The number of ether oxygens (including phenoxy) is 1. The van der Waals surface area contributed by atoms with Gasteiger partial charge in [0.15, 0.2) is 0 Å². The van der Waals surface area contributed by atoms with Crippen molar-refractivity contribution in [1.82, 2.24) is 0 Å². The molecule has 0 N–H and O–H groups in total. The zero-order valence-corrected chi connectivity index (χ0v) is 18.6. The van der Waals surface area contributed by atoms with Crippen molar-refractivity contribution >= 4 is 12.7 Å². The van der Waals surface area contributed by atoms with Crippen LogP contribution in [0.3, 0.4) is 0 Å². The molecule has 0 aliphatic carbocycles. The molecule has 2 fully saturated rings. The number of rotatable bonds is 12. The predicted octanol–water partition coefficient (Wildman–Crippen LogP) is 7.69. The Morgan fingerprint density at radius 2 is 1.22 bits per heavy atom. The molecule has 0 atom stereocenters. The van der Waals surface area contributed by atoms with Gasteiger partial charge in [-0.1, -0.05) is 108 Å². The van der Waals surface area contributed by atoms with Crippen LogP contribution >= 0.6 is 0 Å². The maximum absolute atomic E-state index is 11.7. The Morgan fingerprint density at radius 1 is 0.778 bits per heavy atom. The highest BCUT2D eigenvalue weighted by atomic mass is 16.5. The van der Waals surface area contributed by atoms with Gasteiger partial charge < -0.3 is 4.74 Å². The molecule has 2 nitrogen and oxygen atoms in total. The van der Waals surface area contributed by atoms with Crippen molar-refractivity contribution in [1.29, 1.82) is 0 Å². The van der Waals surface area contributed by atoms with Crippen molar-refractivity contribution in [2.24, 2.45) is 5.41 Å². The Hall–Kier alpha value is -0.465. The summed E-state index contributed by atoms with van der Waals surface area (Å²) in [7, 11) is 0. The van der Waals surface area contributed by atoms with Crippen molar-refractivity contribution in [2.45, 2.75) is 135 Å². The third-order valence-corrected chi connectivity index (χ3v) is 7.04. The molecule has 2 rings (SSSR count). The largest absolute Gasteiger partial charge is 0.465 e. The molecule has 27 heavy (non-hydrogen) atoms. The van der Waals surface area contributed by atoms with Crippen LogP contribution in [0.2, 0.25) is 18.0 Å². The van der Waals surface area contributed by atoms with Gasteiger partial charge >= 0.3 is 5.97 Å². The molecule has 2 saturated heterocycles. The van der Waals surface area contributed by atoms with E-state index in [1.165, 1.54) is 96.2 Å². The van der Waals surface area contributed by atoms with Crippen LogP contribution in [0.25, 0.3) is 0 Å². The highest BCUT2D eigenvalue weighted by Crippen LogP contribution is 2.48. The minimum absolute atomic E-state index is 0.0700. The lowest BCUT2D eigenvalue weighted by molar-refractivity contribution is -0.153. The average molecular weight is 376 g/mol. The number of unbranched alkanes of at least 4 members (excludes halogenated alkanes) is 8. The smallest absolute Gasteiger partial charge is 0.311 e. The van der Waals surface area contributed by atoms with E-state index in [1.807, 2.05) is 20.8 Å². The van der Waals surface area contributed by atoms with Crippen molar-refractivity contribution in [3.05, 3.63) is 0 Å². The third-order valence-electron chi connectivity index (χ3n) is 7.04. The first-order valence-corrected chi connectivity index (χ1v) is 12.2. The number of esters is 1. The molecule has 2 bridgehead atoms. The molecule has 0 aromatic rings. The Labute approximate surface area is 169 Å². The number of carbonyl (C=O) groups is 1. The van der Waals surface area contributed by atoms with Crippen LogP contribution in [0, 0.1) is 5.41 Å². The summed E-state index contributed by atoms with van der Waals surface area (Å²) < 4.78 is 5.32. The zero-order valence-electron chi connectivity index (χ0n) is 18.6. The van der Waals surface area contributed by atoms with Crippen LogP contribution in [-0.4, -0.2) is 19.3 Å². The van der Waals surface area contributed by atoms with E-state index < -0.39 is 0 Å². The van der Waals surface area contributed by atoms with Gasteiger partial charge in [0, 0.05) is 0 Å². The number of carbonyl (C=O) groups excluding carboxylic acids is 1. The monoisotopic (exact) mass is 376 g/mol. The normalized spacial score (nSPS) is 22.7. The van der Waals surface area contributed by atoms with Gasteiger partial charge in [-0.25, -0.2) is 0 Å². The fourth-order valence-corrected chi connectivity index (χ4v) is 5.39. The standard InChI is InChI=1S/C24H45BO2/c1-24(2,3)23(26)27-20-12-10-8-6-4-5-7-9-11-19-25-21-15-13-16-22(25)18-14-17-21/h21-22H,4-20H2,1-3H3.